The number of para-hydroxylation sites is 1. The van der Waals surface area contributed by atoms with Crippen molar-refractivity contribution in [2.24, 2.45) is 0 Å². The molecule has 0 saturated carbocycles. The summed E-state index contributed by atoms with van der Waals surface area (Å²) >= 11 is 1.47. The van der Waals surface area contributed by atoms with E-state index >= 15 is 0 Å². The fourth-order valence-electron chi connectivity index (χ4n) is 5.71. The molecule has 2 aliphatic rings. The van der Waals surface area contributed by atoms with Gasteiger partial charge >= 0.3 is 0 Å². The monoisotopic (exact) mass is 614 g/mol. The molecular formula is C33H34N4O4S2. The van der Waals surface area contributed by atoms with Crippen LogP contribution in [-0.4, -0.2) is 56.7 Å². The van der Waals surface area contributed by atoms with Gasteiger partial charge in [-0.25, -0.2) is 8.42 Å². The van der Waals surface area contributed by atoms with E-state index in [1.54, 1.807) is 24.3 Å². The number of carbonyl (C=O) groups excluding carboxylic acids is 2. The van der Waals surface area contributed by atoms with E-state index in [9.17, 15) is 18.0 Å². The van der Waals surface area contributed by atoms with E-state index in [-0.39, 0.29) is 16.7 Å². The van der Waals surface area contributed by atoms with Crippen molar-refractivity contribution in [2.45, 2.75) is 37.2 Å². The third-order valence-corrected chi connectivity index (χ3v) is 11.0. The molecule has 3 heterocycles. The van der Waals surface area contributed by atoms with E-state index < -0.39 is 10.0 Å². The molecule has 2 aliphatic heterocycles. The van der Waals surface area contributed by atoms with Gasteiger partial charge in [0.1, 0.15) is 5.00 Å². The Balaban J connectivity index is 1.23. The van der Waals surface area contributed by atoms with Crippen LogP contribution in [0, 0.1) is 0 Å². The zero-order chi connectivity index (χ0) is 30.0. The Morgan fingerprint density at radius 1 is 0.884 bits per heavy atom. The van der Waals surface area contributed by atoms with Gasteiger partial charge in [-0.15, -0.1) is 11.3 Å². The standard InChI is InChI=1S/C33H34N4O4S2/c1-35(26-12-6-3-7-13-26)43(40,41)27-16-14-25(15-17-27)31(38)34-32-30(33(39)37-19-8-9-20-37)28-18-21-36(23-29(28)42-32)22-24-10-4-2-5-11-24/h2-7,10-17H,8-9,18-23H2,1H3,(H,34,38). The van der Waals surface area contributed by atoms with Gasteiger partial charge in [0.2, 0.25) is 0 Å². The summed E-state index contributed by atoms with van der Waals surface area (Å²) in [5.41, 5.74) is 3.75. The minimum atomic E-state index is -3.80. The predicted molar refractivity (Wildman–Crippen MR) is 170 cm³/mol. The first-order valence-electron chi connectivity index (χ1n) is 14.5. The lowest BCUT2D eigenvalue weighted by Gasteiger charge is -2.27. The number of hydrogen-bond donors (Lipinski definition) is 1. The highest BCUT2D eigenvalue weighted by molar-refractivity contribution is 7.92. The Hall–Kier alpha value is -3.99. The number of nitrogens with zero attached hydrogens (tertiary/aromatic N) is 3. The second kappa shape index (κ2) is 12.3. The van der Waals surface area contributed by atoms with Gasteiger partial charge in [0.05, 0.1) is 16.1 Å². The number of likely N-dealkylation sites (tertiary alicyclic amines) is 1. The van der Waals surface area contributed by atoms with Crippen LogP contribution in [-0.2, 0) is 29.5 Å². The van der Waals surface area contributed by atoms with E-state index in [1.165, 1.54) is 52.5 Å². The van der Waals surface area contributed by atoms with E-state index in [0.29, 0.717) is 28.4 Å². The molecule has 1 aromatic heterocycles. The summed E-state index contributed by atoms with van der Waals surface area (Å²) in [6.07, 6.45) is 2.71. The van der Waals surface area contributed by atoms with Crippen LogP contribution < -0.4 is 9.62 Å². The van der Waals surface area contributed by atoms with Gasteiger partial charge in [-0.2, -0.15) is 0 Å². The molecule has 0 aliphatic carbocycles. The Morgan fingerprint density at radius 3 is 2.21 bits per heavy atom. The average molecular weight is 615 g/mol. The van der Waals surface area contributed by atoms with Crippen LogP contribution in [0.3, 0.4) is 0 Å². The Kier molecular flexibility index (Phi) is 8.34. The molecule has 0 atom stereocenters. The number of nitrogens with one attached hydrogen (secondary N) is 1. The highest BCUT2D eigenvalue weighted by Crippen LogP contribution is 2.39. The minimum absolute atomic E-state index is 0.0211. The molecule has 43 heavy (non-hydrogen) atoms. The number of hydrogen-bond acceptors (Lipinski definition) is 6. The van der Waals surface area contributed by atoms with Crippen LogP contribution in [0.15, 0.2) is 89.8 Å². The molecule has 4 aromatic rings. The summed E-state index contributed by atoms with van der Waals surface area (Å²) in [5, 5.41) is 3.58. The van der Waals surface area contributed by atoms with Gasteiger partial charge in [-0.3, -0.25) is 18.8 Å². The number of carbonyl (C=O) groups is 2. The normalized spacial score (nSPS) is 15.2. The smallest absolute Gasteiger partial charge is 0.264 e. The summed E-state index contributed by atoms with van der Waals surface area (Å²) in [4.78, 5) is 32.6. The summed E-state index contributed by atoms with van der Waals surface area (Å²) < 4.78 is 27.6. The number of amides is 2. The van der Waals surface area contributed by atoms with Crippen molar-refractivity contribution in [2.75, 3.05) is 36.3 Å². The van der Waals surface area contributed by atoms with Gasteiger partial charge in [0.25, 0.3) is 21.8 Å². The first-order chi connectivity index (χ1) is 20.8. The molecule has 222 valence electrons. The molecule has 6 rings (SSSR count). The zero-order valence-electron chi connectivity index (χ0n) is 24.0. The predicted octanol–water partition coefficient (Wildman–Crippen LogP) is 5.62. The van der Waals surface area contributed by atoms with Gasteiger partial charge in [-0.1, -0.05) is 48.5 Å². The lowest BCUT2D eigenvalue weighted by Crippen LogP contribution is -2.32. The SMILES string of the molecule is CN(c1ccccc1)S(=O)(=O)c1ccc(C(=O)Nc2sc3c(c2C(=O)N2CCCC2)CCN(Cc2ccccc2)C3)cc1. The molecule has 0 bridgehead atoms. The van der Waals surface area contributed by atoms with E-state index in [1.807, 2.05) is 29.2 Å². The van der Waals surface area contributed by atoms with Crippen molar-refractivity contribution in [3.63, 3.8) is 0 Å². The van der Waals surface area contributed by atoms with Crippen LogP contribution in [0.4, 0.5) is 10.7 Å². The Bertz CT molecular complexity index is 1720. The molecule has 1 fully saturated rings. The van der Waals surface area contributed by atoms with Crippen LogP contribution in [0.1, 0.15) is 49.6 Å². The maximum absolute atomic E-state index is 13.7. The molecule has 1 N–H and O–H groups in total. The van der Waals surface area contributed by atoms with Crippen molar-refractivity contribution in [3.8, 4) is 0 Å². The van der Waals surface area contributed by atoms with E-state index in [0.717, 1.165) is 55.9 Å². The molecule has 3 aromatic carbocycles. The second-order valence-electron chi connectivity index (χ2n) is 10.9. The average Bonchev–Trinajstić information content (AvgIpc) is 3.70. The van der Waals surface area contributed by atoms with Crippen LogP contribution in [0.5, 0.6) is 0 Å². The Labute approximate surface area is 256 Å². The molecule has 1 saturated heterocycles. The second-order valence-corrected chi connectivity index (χ2v) is 14.0. The first kappa shape index (κ1) is 29.1. The summed E-state index contributed by atoms with van der Waals surface area (Å²) in [6, 6.07) is 25.1. The van der Waals surface area contributed by atoms with Gasteiger partial charge in [0, 0.05) is 50.2 Å². The van der Waals surface area contributed by atoms with Crippen molar-refractivity contribution < 1.29 is 18.0 Å². The largest absolute Gasteiger partial charge is 0.339 e. The highest BCUT2D eigenvalue weighted by Gasteiger charge is 2.32. The van der Waals surface area contributed by atoms with Crippen molar-refractivity contribution in [3.05, 3.63) is 112 Å². The number of thiophene rings is 1. The first-order valence-corrected chi connectivity index (χ1v) is 16.7. The third-order valence-electron chi connectivity index (χ3n) is 8.11. The summed E-state index contributed by atoms with van der Waals surface area (Å²) in [5.74, 6) is -0.400. The van der Waals surface area contributed by atoms with Gasteiger partial charge in [0.15, 0.2) is 0 Å². The molecule has 0 unspecified atom stereocenters. The number of rotatable bonds is 8. The summed E-state index contributed by atoms with van der Waals surface area (Å²) in [6.45, 7) is 3.82. The van der Waals surface area contributed by atoms with E-state index in [2.05, 4.69) is 22.3 Å². The number of benzene rings is 3. The highest BCUT2D eigenvalue weighted by atomic mass is 32.2. The third kappa shape index (κ3) is 6.08. The van der Waals surface area contributed by atoms with Crippen LogP contribution in [0.2, 0.25) is 0 Å². The number of anilines is 2. The molecule has 0 radical (unpaired) electrons. The zero-order valence-corrected chi connectivity index (χ0v) is 25.7. The van der Waals surface area contributed by atoms with Crippen molar-refractivity contribution >= 4 is 43.9 Å². The lowest BCUT2D eigenvalue weighted by atomic mass is 10.0. The molecular weight excluding hydrogens is 581 g/mol. The number of fused-ring (bicyclic) bond motifs is 1. The van der Waals surface area contributed by atoms with Crippen LogP contribution in [0.25, 0.3) is 0 Å². The summed E-state index contributed by atoms with van der Waals surface area (Å²) in [7, 11) is -2.30. The number of sulfonamides is 1. The topological polar surface area (TPSA) is 90.0 Å². The molecule has 2 amide bonds. The lowest BCUT2D eigenvalue weighted by molar-refractivity contribution is 0.0792. The minimum Gasteiger partial charge on any atom is -0.339 e. The Morgan fingerprint density at radius 2 is 1.53 bits per heavy atom. The quantitative estimate of drug-likeness (QED) is 0.278. The van der Waals surface area contributed by atoms with Crippen molar-refractivity contribution in [1.82, 2.24) is 9.80 Å². The fraction of sp³-hybridized carbons (Fsp3) is 0.273. The molecule has 8 nitrogen and oxygen atoms in total. The molecule has 0 spiro atoms. The fourth-order valence-corrected chi connectivity index (χ4v) is 8.19. The van der Waals surface area contributed by atoms with Gasteiger partial charge in [-0.05, 0) is 66.8 Å². The maximum Gasteiger partial charge on any atom is 0.264 e. The van der Waals surface area contributed by atoms with E-state index in [4.69, 9.17) is 0 Å². The van der Waals surface area contributed by atoms with Crippen LogP contribution >= 0.6 is 11.3 Å². The van der Waals surface area contributed by atoms with Gasteiger partial charge < -0.3 is 10.2 Å². The van der Waals surface area contributed by atoms with Crippen molar-refractivity contribution in [1.29, 1.82) is 0 Å². The maximum atomic E-state index is 13.7. The molecule has 10 heteroatoms.